The lowest BCUT2D eigenvalue weighted by atomic mass is 10.0. The summed E-state index contributed by atoms with van der Waals surface area (Å²) < 4.78 is 23.6. The summed E-state index contributed by atoms with van der Waals surface area (Å²) in [6, 6.07) is 14.6. The van der Waals surface area contributed by atoms with Crippen molar-refractivity contribution in [3.8, 4) is 0 Å². The third-order valence-electron chi connectivity index (χ3n) is 4.87. The third-order valence-corrected chi connectivity index (χ3v) is 7.40. The molecule has 25 heavy (non-hydrogen) atoms. The monoisotopic (exact) mass is 359 g/mol. The van der Waals surface area contributed by atoms with E-state index < -0.39 is 14.6 Å². The van der Waals surface area contributed by atoms with Crippen LogP contribution in [0.5, 0.6) is 0 Å². The summed E-state index contributed by atoms with van der Waals surface area (Å²) in [5, 5.41) is 5.82. The third kappa shape index (κ3) is 3.49. The van der Waals surface area contributed by atoms with E-state index in [0.29, 0.717) is 19.6 Å². The lowest BCUT2D eigenvalue weighted by Crippen LogP contribution is -2.57. The van der Waals surface area contributed by atoms with Crippen LogP contribution in [0.1, 0.15) is 19.4 Å². The van der Waals surface area contributed by atoms with Crippen LogP contribution in [0.4, 0.5) is 0 Å². The van der Waals surface area contributed by atoms with Crippen molar-refractivity contribution in [3.05, 3.63) is 48.0 Å². The second-order valence-electron chi connectivity index (χ2n) is 7.04. The van der Waals surface area contributed by atoms with Crippen LogP contribution in [0.15, 0.2) is 47.5 Å². The van der Waals surface area contributed by atoms with Gasteiger partial charge in [0.25, 0.3) is 0 Å². The van der Waals surface area contributed by atoms with Crippen molar-refractivity contribution < 1.29 is 8.42 Å². The van der Waals surface area contributed by atoms with Crippen LogP contribution in [0.25, 0.3) is 10.8 Å². The van der Waals surface area contributed by atoms with Gasteiger partial charge in [0.05, 0.1) is 10.5 Å². The molecule has 0 spiro atoms. The largest absolute Gasteiger partial charge is 0.352 e. The maximum absolute atomic E-state index is 12.2. The predicted octanol–water partition coefficient (Wildman–Crippen LogP) is 2.42. The minimum Gasteiger partial charge on any atom is -0.352 e. The molecule has 0 bridgehead atoms. The molecule has 1 N–H and O–H groups in total. The van der Waals surface area contributed by atoms with Gasteiger partial charge in [-0.25, -0.2) is 8.42 Å². The molecule has 0 atom stereocenters. The molecular formula is C19H25N3O2S. The van der Waals surface area contributed by atoms with Gasteiger partial charge in [-0.05, 0) is 30.2 Å². The number of aliphatic imine (C=N–C) groups is 1. The van der Waals surface area contributed by atoms with Gasteiger partial charge in [0.1, 0.15) is 0 Å². The number of guanidine groups is 1. The molecule has 1 fully saturated rings. The lowest BCUT2D eigenvalue weighted by molar-refractivity contribution is 0.353. The second-order valence-corrected chi connectivity index (χ2v) is 9.78. The van der Waals surface area contributed by atoms with E-state index in [-0.39, 0.29) is 5.75 Å². The Labute approximate surface area is 149 Å². The Morgan fingerprint density at radius 1 is 1.20 bits per heavy atom. The molecule has 0 aliphatic carbocycles. The first-order chi connectivity index (χ1) is 11.8. The van der Waals surface area contributed by atoms with Crippen molar-refractivity contribution in [2.45, 2.75) is 25.1 Å². The summed E-state index contributed by atoms with van der Waals surface area (Å²) >= 11 is 0. The Hall–Kier alpha value is -2.08. The second kappa shape index (κ2) is 6.67. The Morgan fingerprint density at radius 2 is 1.92 bits per heavy atom. The Morgan fingerprint density at radius 3 is 2.64 bits per heavy atom. The van der Waals surface area contributed by atoms with Gasteiger partial charge in [-0.2, -0.15) is 0 Å². The van der Waals surface area contributed by atoms with Crippen LogP contribution in [-0.2, 0) is 16.4 Å². The Balaban J connectivity index is 1.75. The Kier molecular flexibility index (Phi) is 4.73. The van der Waals surface area contributed by atoms with E-state index in [1.54, 1.807) is 20.9 Å². The number of nitrogens with one attached hydrogen (secondary N) is 1. The molecule has 0 aromatic heterocycles. The summed E-state index contributed by atoms with van der Waals surface area (Å²) in [4.78, 5) is 6.39. The molecule has 2 aromatic carbocycles. The molecule has 5 nitrogen and oxygen atoms in total. The number of sulfone groups is 1. The van der Waals surface area contributed by atoms with Gasteiger partial charge < -0.3 is 10.2 Å². The number of hydrogen-bond donors (Lipinski definition) is 1. The minimum absolute atomic E-state index is 0.162. The zero-order valence-electron chi connectivity index (χ0n) is 15.0. The maximum Gasteiger partial charge on any atom is 0.193 e. The molecule has 134 valence electrons. The maximum atomic E-state index is 12.2. The predicted molar refractivity (Wildman–Crippen MR) is 104 cm³/mol. The van der Waals surface area contributed by atoms with Gasteiger partial charge in [0, 0.05) is 26.7 Å². The summed E-state index contributed by atoms with van der Waals surface area (Å²) in [5.74, 6) is 0.908. The molecular weight excluding hydrogens is 334 g/mol. The highest BCUT2D eigenvalue weighted by atomic mass is 32.2. The molecule has 1 saturated heterocycles. The van der Waals surface area contributed by atoms with Gasteiger partial charge in [0.15, 0.2) is 15.8 Å². The van der Waals surface area contributed by atoms with Crippen LogP contribution in [0.3, 0.4) is 0 Å². The van der Waals surface area contributed by atoms with E-state index in [0.717, 1.165) is 5.96 Å². The number of hydrogen-bond acceptors (Lipinski definition) is 3. The fourth-order valence-electron chi connectivity index (χ4n) is 3.28. The number of nitrogens with zero attached hydrogens (tertiary/aromatic N) is 2. The first-order valence-corrected chi connectivity index (χ1v) is 10.1. The molecule has 1 aliphatic heterocycles. The highest BCUT2D eigenvalue weighted by molar-refractivity contribution is 7.92. The van der Waals surface area contributed by atoms with Gasteiger partial charge in [-0.3, -0.25) is 4.99 Å². The average molecular weight is 359 g/mol. The normalized spacial score (nSPS) is 19.8. The van der Waals surface area contributed by atoms with Crippen molar-refractivity contribution in [1.29, 1.82) is 0 Å². The fraction of sp³-hybridized carbons (Fsp3) is 0.421. The van der Waals surface area contributed by atoms with Crippen molar-refractivity contribution in [1.82, 2.24) is 10.2 Å². The summed E-state index contributed by atoms with van der Waals surface area (Å²) in [6.45, 7) is 5.14. The Bertz CT molecular complexity index is 899. The lowest BCUT2D eigenvalue weighted by Gasteiger charge is -2.39. The molecule has 0 radical (unpaired) electrons. The van der Waals surface area contributed by atoms with Crippen LogP contribution >= 0.6 is 0 Å². The molecule has 0 saturated carbocycles. The first-order valence-electron chi connectivity index (χ1n) is 8.49. The van der Waals surface area contributed by atoms with Crippen LogP contribution in [0, 0.1) is 0 Å². The van der Waals surface area contributed by atoms with Crippen molar-refractivity contribution in [2.75, 3.05) is 25.9 Å². The number of fused-ring (bicyclic) bond motifs is 1. The van der Waals surface area contributed by atoms with Crippen LogP contribution in [-0.4, -0.2) is 49.9 Å². The number of benzene rings is 2. The zero-order valence-corrected chi connectivity index (χ0v) is 15.8. The van der Waals surface area contributed by atoms with Crippen LogP contribution in [0.2, 0.25) is 0 Å². The van der Waals surface area contributed by atoms with E-state index >= 15 is 0 Å². The fourth-order valence-corrected chi connectivity index (χ4v) is 4.64. The van der Waals surface area contributed by atoms with Crippen molar-refractivity contribution >= 4 is 26.6 Å². The smallest absolute Gasteiger partial charge is 0.193 e. The van der Waals surface area contributed by atoms with E-state index in [9.17, 15) is 8.42 Å². The highest BCUT2D eigenvalue weighted by Gasteiger charge is 2.40. The molecule has 1 heterocycles. The van der Waals surface area contributed by atoms with Gasteiger partial charge in [-0.15, -0.1) is 0 Å². The van der Waals surface area contributed by atoms with Crippen molar-refractivity contribution in [3.63, 3.8) is 0 Å². The zero-order chi connectivity index (χ0) is 18.1. The van der Waals surface area contributed by atoms with Gasteiger partial charge in [-0.1, -0.05) is 42.5 Å². The summed E-state index contributed by atoms with van der Waals surface area (Å²) in [7, 11) is -1.32. The quantitative estimate of drug-likeness (QED) is 0.661. The van der Waals surface area contributed by atoms with Crippen molar-refractivity contribution in [2.24, 2.45) is 4.99 Å². The number of rotatable bonds is 2. The van der Waals surface area contributed by atoms with E-state index in [4.69, 9.17) is 0 Å². The molecule has 1 aliphatic rings. The molecule has 3 rings (SSSR count). The van der Waals surface area contributed by atoms with E-state index in [1.807, 2.05) is 17.0 Å². The minimum atomic E-state index is -3.06. The van der Waals surface area contributed by atoms with E-state index in [2.05, 4.69) is 40.6 Å². The molecule has 0 amide bonds. The average Bonchev–Trinajstić information content (AvgIpc) is 2.58. The topological polar surface area (TPSA) is 61.8 Å². The molecule has 0 unspecified atom stereocenters. The highest BCUT2D eigenvalue weighted by Crippen LogP contribution is 2.24. The summed E-state index contributed by atoms with van der Waals surface area (Å²) in [6.07, 6.45) is 0. The van der Waals surface area contributed by atoms with Gasteiger partial charge in [0.2, 0.25) is 0 Å². The van der Waals surface area contributed by atoms with Crippen LogP contribution < -0.4 is 5.32 Å². The molecule has 2 aromatic rings. The SMILES string of the molecule is CN=C(NCc1cccc2ccccc12)N1CCS(=O)(=O)C(C)(C)C1. The van der Waals surface area contributed by atoms with Gasteiger partial charge >= 0.3 is 0 Å². The van der Waals surface area contributed by atoms with E-state index in [1.165, 1.54) is 16.3 Å². The first kappa shape index (κ1) is 17.7. The molecule has 6 heteroatoms. The summed E-state index contributed by atoms with van der Waals surface area (Å²) in [5.41, 5.74) is 1.20. The standard InChI is InChI=1S/C19H25N3O2S/c1-19(2)14-22(11-12-25(19,23)24)18(20-3)21-13-16-9-6-8-15-7-4-5-10-17(15)16/h4-10H,11-14H2,1-3H3,(H,20,21).